The Balaban J connectivity index is 1.62. The molecule has 1 aliphatic heterocycles. The van der Waals surface area contributed by atoms with E-state index >= 15 is 0 Å². The van der Waals surface area contributed by atoms with Crippen LogP contribution in [0.25, 0.3) is 10.6 Å². The Labute approximate surface area is 180 Å². The number of carbonyl (C=O) groups is 2. The minimum absolute atomic E-state index is 0.125. The van der Waals surface area contributed by atoms with Gasteiger partial charge >= 0.3 is 6.09 Å². The van der Waals surface area contributed by atoms with Gasteiger partial charge in [0.1, 0.15) is 16.9 Å². The number of amides is 1. The molecule has 0 aliphatic carbocycles. The molecule has 30 heavy (non-hydrogen) atoms. The zero-order chi connectivity index (χ0) is 21.9. The molecule has 0 bridgehead atoms. The number of benzene rings is 1. The number of nitrogens with one attached hydrogen (secondary N) is 1. The maximum absolute atomic E-state index is 13.0. The maximum atomic E-state index is 13.0. The van der Waals surface area contributed by atoms with Crippen LogP contribution in [0, 0.1) is 0 Å². The predicted octanol–water partition coefficient (Wildman–Crippen LogP) is 3.30. The Bertz CT molecular complexity index is 1000. The van der Waals surface area contributed by atoms with E-state index in [2.05, 4.69) is 10.3 Å². The molecule has 2 aromatic rings. The molecule has 10 heteroatoms. The number of aromatic nitrogens is 1. The number of hydrogen-bond acceptors (Lipinski definition) is 7. The van der Waals surface area contributed by atoms with E-state index in [0.29, 0.717) is 36.5 Å². The molecule has 1 saturated heterocycles. The average Bonchev–Trinajstić information content (AvgIpc) is 3.18. The molecule has 1 amide bonds. The van der Waals surface area contributed by atoms with E-state index in [0.717, 1.165) is 23.2 Å². The summed E-state index contributed by atoms with van der Waals surface area (Å²) in [5, 5.41) is 3.38. The third-order valence-corrected chi connectivity index (χ3v) is 7.93. The number of piperidine rings is 1. The van der Waals surface area contributed by atoms with E-state index in [-0.39, 0.29) is 10.3 Å². The molecule has 162 valence electrons. The highest BCUT2D eigenvalue weighted by molar-refractivity contribution is 7.91. The first-order valence-electron chi connectivity index (χ1n) is 9.59. The van der Waals surface area contributed by atoms with E-state index in [1.54, 1.807) is 45.0 Å². The van der Waals surface area contributed by atoms with Gasteiger partial charge in [-0.05, 0) is 33.6 Å². The Hall–Kier alpha value is -2.30. The van der Waals surface area contributed by atoms with Gasteiger partial charge in [0.15, 0.2) is 4.21 Å². The Morgan fingerprint density at radius 3 is 2.43 bits per heavy atom. The van der Waals surface area contributed by atoms with Crippen LogP contribution in [0.15, 0.2) is 34.7 Å². The molecule has 0 spiro atoms. The van der Waals surface area contributed by atoms with Gasteiger partial charge in [-0.1, -0.05) is 24.3 Å². The van der Waals surface area contributed by atoms with E-state index < -0.39 is 21.7 Å². The van der Waals surface area contributed by atoms with Crippen LogP contribution in [-0.4, -0.2) is 54.8 Å². The second kappa shape index (κ2) is 8.83. The lowest BCUT2D eigenvalue weighted by atomic mass is 10.1. The van der Waals surface area contributed by atoms with E-state index in [1.165, 1.54) is 10.5 Å². The highest BCUT2D eigenvalue weighted by Crippen LogP contribution is 2.31. The monoisotopic (exact) mass is 451 g/mol. The molecule has 0 unspecified atom stereocenters. The molecular formula is C20H25N3O5S2. The van der Waals surface area contributed by atoms with Gasteiger partial charge in [-0.3, -0.25) is 4.79 Å². The van der Waals surface area contributed by atoms with Crippen molar-refractivity contribution in [2.75, 3.05) is 13.1 Å². The van der Waals surface area contributed by atoms with Gasteiger partial charge in [-0.2, -0.15) is 4.31 Å². The van der Waals surface area contributed by atoms with Crippen LogP contribution in [0.3, 0.4) is 0 Å². The van der Waals surface area contributed by atoms with Crippen LogP contribution in [0.5, 0.6) is 0 Å². The largest absolute Gasteiger partial charge is 0.444 e. The minimum Gasteiger partial charge on any atom is -0.444 e. The molecule has 1 aromatic carbocycles. The van der Waals surface area contributed by atoms with Crippen molar-refractivity contribution in [3.05, 3.63) is 36.0 Å². The van der Waals surface area contributed by atoms with Crippen LogP contribution in [-0.2, 0) is 14.8 Å². The van der Waals surface area contributed by atoms with Crippen molar-refractivity contribution < 1.29 is 22.7 Å². The van der Waals surface area contributed by atoms with Crippen molar-refractivity contribution in [2.24, 2.45) is 0 Å². The third kappa shape index (κ3) is 5.44. The van der Waals surface area contributed by atoms with Crippen molar-refractivity contribution in [1.29, 1.82) is 0 Å². The lowest BCUT2D eigenvalue weighted by Crippen LogP contribution is -2.47. The van der Waals surface area contributed by atoms with Gasteiger partial charge in [0.2, 0.25) is 0 Å². The number of hydrogen-bond donors (Lipinski definition) is 1. The summed E-state index contributed by atoms with van der Waals surface area (Å²) in [6.07, 6.45) is 2.65. The van der Waals surface area contributed by atoms with Crippen molar-refractivity contribution in [1.82, 2.24) is 14.6 Å². The number of alkyl carbamates (subject to hydrolysis) is 1. The zero-order valence-electron chi connectivity index (χ0n) is 17.1. The second-order valence-corrected chi connectivity index (χ2v) is 11.2. The van der Waals surface area contributed by atoms with Gasteiger partial charge in [0, 0.05) is 30.3 Å². The third-order valence-electron chi connectivity index (χ3n) is 4.55. The summed E-state index contributed by atoms with van der Waals surface area (Å²) in [4.78, 5) is 26.9. The van der Waals surface area contributed by atoms with Crippen LogP contribution >= 0.6 is 11.3 Å². The number of rotatable bonds is 5. The first-order valence-corrected chi connectivity index (χ1v) is 11.9. The molecule has 1 aromatic heterocycles. The summed E-state index contributed by atoms with van der Waals surface area (Å²) >= 11 is 1.10. The molecular weight excluding hydrogens is 426 g/mol. The highest BCUT2D eigenvalue weighted by atomic mass is 32.2. The molecule has 0 atom stereocenters. The number of sulfonamides is 1. The highest BCUT2D eigenvalue weighted by Gasteiger charge is 2.32. The standard InChI is InChI=1S/C20H25N3O5S2/c1-20(2,3)28-19(25)22-16-8-10-23(11-9-16)30(26,27)17-12-21-18(29-17)15-6-4-14(13-24)5-7-15/h4-7,12-13,16H,8-11H2,1-3H3,(H,22,25). The molecule has 1 fully saturated rings. The Kier molecular flexibility index (Phi) is 6.59. The number of carbonyl (C=O) groups excluding carboxylic acids is 2. The summed E-state index contributed by atoms with van der Waals surface area (Å²) in [6, 6.07) is 6.69. The van der Waals surface area contributed by atoms with Gasteiger partial charge < -0.3 is 10.1 Å². The van der Waals surface area contributed by atoms with Crippen LogP contribution in [0.1, 0.15) is 44.0 Å². The fraction of sp³-hybridized carbons (Fsp3) is 0.450. The number of nitrogens with zero attached hydrogens (tertiary/aromatic N) is 2. The van der Waals surface area contributed by atoms with Crippen LogP contribution < -0.4 is 5.32 Å². The van der Waals surface area contributed by atoms with Gasteiger partial charge in [-0.15, -0.1) is 11.3 Å². The molecule has 0 radical (unpaired) electrons. The lowest BCUT2D eigenvalue weighted by molar-refractivity contribution is 0.0489. The lowest BCUT2D eigenvalue weighted by Gasteiger charge is -2.31. The quantitative estimate of drug-likeness (QED) is 0.699. The van der Waals surface area contributed by atoms with E-state index in [1.807, 2.05) is 0 Å². The maximum Gasteiger partial charge on any atom is 0.407 e. The summed E-state index contributed by atoms with van der Waals surface area (Å²) < 4.78 is 32.8. The SMILES string of the molecule is CC(C)(C)OC(=O)NC1CCN(S(=O)(=O)c2cnc(-c3ccc(C=O)cc3)s2)CC1. The molecule has 0 saturated carbocycles. The van der Waals surface area contributed by atoms with Gasteiger partial charge in [0.05, 0.1) is 6.20 Å². The molecule has 3 rings (SSSR count). The summed E-state index contributed by atoms with van der Waals surface area (Å²) in [6.45, 7) is 6.00. The van der Waals surface area contributed by atoms with Gasteiger partial charge in [0.25, 0.3) is 10.0 Å². The fourth-order valence-electron chi connectivity index (χ4n) is 3.06. The fourth-order valence-corrected chi connectivity index (χ4v) is 5.82. The summed E-state index contributed by atoms with van der Waals surface area (Å²) in [7, 11) is -3.65. The van der Waals surface area contributed by atoms with Crippen LogP contribution in [0.4, 0.5) is 4.79 Å². The topological polar surface area (TPSA) is 106 Å². The number of ether oxygens (including phenoxy) is 1. The Morgan fingerprint density at radius 2 is 1.87 bits per heavy atom. The second-order valence-electron chi connectivity index (χ2n) is 8.05. The molecule has 2 heterocycles. The summed E-state index contributed by atoms with van der Waals surface area (Å²) in [5.41, 5.74) is 0.726. The summed E-state index contributed by atoms with van der Waals surface area (Å²) in [5.74, 6) is 0. The first-order chi connectivity index (χ1) is 14.1. The minimum atomic E-state index is -3.65. The average molecular weight is 452 g/mol. The van der Waals surface area contributed by atoms with Crippen molar-refractivity contribution in [3.8, 4) is 10.6 Å². The Morgan fingerprint density at radius 1 is 1.23 bits per heavy atom. The molecule has 1 aliphatic rings. The van der Waals surface area contributed by atoms with Gasteiger partial charge in [-0.25, -0.2) is 18.2 Å². The zero-order valence-corrected chi connectivity index (χ0v) is 18.8. The number of thiazole rings is 1. The molecule has 1 N–H and O–H groups in total. The van der Waals surface area contributed by atoms with Crippen molar-refractivity contribution in [3.63, 3.8) is 0 Å². The smallest absolute Gasteiger partial charge is 0.407 e. The first kappa shape index (κ1) is 22.4. The van der Waals surface area contributed by atoms with Crippen molar-refractivity contribution in [2.45, 2.75) is 49.5 Å². The number of aldehydes is 1. The van der Waals surface area contributed by atoms with E-state index in [9.17, 15) is 18.0 Å². The normalized spacial score (nSPS) is 16.2. The van der Waals surface area contributed by atoms with Crippen molar-refractivity contribution >= 4 is 33.7 Å². The molecule has 8 nitrogen and oxygen atoms in total. The predicted molar refractivity (Wildman–Crippen MR) is 114 cm³/mol. The van der Waals surface area contributed by atoms with E-state index in [4.69, 9.17) is 4.74 Å². The van der Waals surface area contributed by atoms with Crippen LogP contribution in [0.2, 0.25) is 0 Å².